The van der Waals surface area contributed by atoms with Crippen LogP contribution >= 0.6 is 11.6 Å². The van der Waals surface area contributed by atoms with Gasteiger partial charge in [0.2, 0.25) is 0 Å². The summed E-state index contributed by atoms with van der Waals surface area (Å²) in [4.78, 5) is 0. The predicted molar refractivity (Wildman–Crippen MR) is 62.2 cm³/mol. The third kappa shape index (κ3) is 2.02. The minimum atomic E-state index is -0.354. The quantitative estimate of drug-likeness (QED) is 0.766. The number of rotatable bonds is 2. The molecule has 0 unspecified atom stereocenters. The van der Waals surface area contributed by atoms with Gasteiger partial charge in [0, 0.05) is 17.2 Å². The molecule has 0 bridgehead atoms. The molecule has 0 heterocycles. The fraction of sp³-hybridized carbons (Fsp3) is 0.0769. The van der Waals surface area contributed by atoms with Gasteiger partial charge in [0.25, 0.3) is 0 Å². The molecule has 0 saturated carbocycles. The molecule has 0 spiro atoms. The number of hydrogen-bond donors (Lipinski definition) is 0. The van der Waals surface area contributed by atoms with Gasteiger partial charge in [0.1, 0.15) is 11.6 Å². The van der Waals surface area contributed by atoms with E-state index in [0.29, 0.717) is 10.8 Å². The van der Waals surface area contributed by atoms with Crippen LogP contribution in [0.2, 0.25) is 5.02 Å². The minimum absolute atomic E-state index is 0.354. The first-order valence-corrected chi connectivity index (χ1v) is 5.10. The van der Waals surface area contributed by atoms with Gasteiger partial charge >= 0.3 is 0 Å². The molecule has 2 aromatic carbocycles. The Balaban J connectivity index is 2.58. The van der Waals surface area contributed by atoms with Crippen molar-refractivity contribution in [1.82, 2.24) is 0 Å². The summed E-state index contributed by atoms with van der Waals surface area (Å²) in [7, 11) is 1.56. The van der Waals surface area contributed by atoms with Crippen LogP contribution in [0.1, 0.15) is 0 Å². The van der Waals surface area contributed by atoms with Crippen LogP contribution in [0.5, 0.6) is 5.75 Å². The second kappa shape index (κ2) is 4.54. The highest BCUT2D eigenvalue weighted by Gasteiger charge is 2.09. The van der Waals surface area contributed by atoms with Crippen molar-refractivity contribution in [3.63, 3.8) is 0 Å². The molecule has 3 heteroatoms. The lowest BCUT2D eigenvalue weighted by Crippen LogP contribution is -1.88. The molecule has 0 atom stereocenters. The van der Waals surface area contributed by atoms with Crippen LogP contribution < -0.4 is 4.74 Å². The maximum Gasteiger partial charge on any atom is 0.134 e. The molecule has 0 aliphatic rings. The van der Waals surface area contributed by atoms with E-state index in [2.05, 4.69) is 6.07 Å². The van der Waals surface area contributed by atoms with Crippen LogP contribution in [-0.2, 0) is 0 Å². The van der Waals surface area contributed by atoms with Crippen molar-refractivity contribution in [3.05, 3.63) is 53.3 Å². The first kappa shape index (κ1) is 11.0. The number of para-hydroxylation sites is 1. The van der Waals surface area contributed by atoms with E-state index in [-0.39, 0.29) is 5.82 Å². The summed E-state index contributed by atoms with van der Waals surface area (Å²) in [6, 6.07) is 12.7. The molecular weight excluding hydrogens is 227 g/mol. The molecule has 0 aliphatic heterocycles. The molecule has 0 N–H and O–H groups in total. The van der Waals surface area contributed by atoms with E-state index in [1.165, 1.54) is 12.1 Å². The summed E-state index contributed by atoms with van der Waals surface area (Å²) in [5.74, 6) is 0.239. The third-order valence-electron chi connectivity index (χ3n) is 2.24. The molecule has 0 saturated heterocycles. The monoisotopic (exact) mass is 235 g/mol. The van der Waals surface area contributed by atoms with E-state index >= 15 is 0 Å². The van der Waals surface area contributed by atoms with Gasteiger partial charge in [0.15, 0.2) is 0 Å². The Bertz CT molecular complexity index is 511. The van der Waals surface area contributed by atoms with E-state index in [4.69, 9.17) is 16.3 Å². The summed E-state index contributed by atoms with van der Waals surface area (Å²) in [6.45, 7) is 0. The lowest BCUT2D eigenvalue weighted by Gasteiger charge is -2.09. The average Bonchev–Trinajstić information content (AvgIpc) is 2.29. The lowest BCUT2D eigenvalue weighted by molar-refractivity contribution is 0.415. The highest BCUT2D eigenvalue weighted by atomic mass is 35.5. The summed E-state index contributed by atoms with van der Waals surface area (Å²) in [6.07, 6.45) is 0. The first-order valence-electron chi connectivity index (χ1n) is 4.72. The zero-order valence-electron chi connectivity index (χ0n) is 8.63. The number of benzene rings is 2. The number of methoxy groups -OCH3 is 1. The van der Waals surface area contributed by atoms with Crippen LogP contribution in [0.4, 0.5) is 4.39 Å². The van der Waals surface area contributed by atoms with Gasteiger partial charge in [-0.3, -0.25) is 0 Å². The van der Waals surface area contributed by atoms with Crippen molar-refractivity contribution >= 4 is 11.6 Å². The molecule has 0 aliphatic carbocycles. The average molecular weight is 236 g/mol. The van der Waals surface area contributed by atoms with Gasteiger partial charge in [-0.15, -0.1) is 0 Å². The zero-order chi connectivity index (χ0) is 11.5. The van der Waals surface area contributed by atoms with Crippen molar-refractivity contribution in [3.8, 4) is 16.9 Å². The van der Waals surface area contributed by atoms with Crippen molar-refractivity contribution in [1.29, 1.82) is 0 Å². The van der Waals surface area contributed by atoms with Gasteiger partial charge in [0.05, 0.1) is 12.1 Å². The Labute approximate surface area is 98.4 Å². The van der Waals surface area contributed by atoms with Gasteiger partial charge in [-0.1, -0.05) is 29.8 Å². The van der Waals surface area contributed by atoms with Crippen molar-refractivity contribution < 1.29 is 9.13 Å². The molecule has 0 fully saturated rings. The zero-order valence-corrected chi connectivity index (χ0v) is 9.38. The van der Waals surface area contributed by atoms with Crippen molar-refractivity contribution in [2.24, 2.45) is 0 Å². The maximum atomic E-state index is 12.9. The standard InChI is InChI=1S/C13H9ClFO/c1-16-13-5-3-2-4-11(13)10-7-6-9(15)8-12(10)14/h2-4,6-8H,1H3. The SMILES string of the molecule is COc1[c]cccc1-c1ccc(F)cc1Cl. The summed E-state index contributed by atoms with van der Waals surface area (Å²) in [5.41, 5.74) is 1.53. The Hall–Kier alpha value is -1.54. The number of ether oxygens (including phenoxy) is 1. The van der Waals surface area contributed by atoms with Crippen LogP contribution in [-0.4, -0.2) is 7.11 Å². The maximum absolute atomic E-state index is 12.9. The van der Waals surface area contributed by atoms with E-state index in [1.807, 2.05) is 12.1 Å². The van der Waals surface area contributed by atoms with Crippen LogP contribution in [0.25, 0.3) is 11.1 Å². The van der Waals surface area contributed by atoms with Crippen LogP contribution in [0, 0.1) is 11.9 Å². The van der Waals surface area contributed by atoms with Crippen molar-refractivity contribution in [2.75, 3.05) is 7.11 Å². The highest BCUT2D eigenvalue weighted by Crippen LogP contribution is 2.34. The Morgan fingerprint density at radius 3 is 2.75 bits per heavy atom. The molecule has 81 valence electrons. The Kier molecular flexibility index (Phi) is 3.11. The summed E-state index contributed by atoms with van der Waals surface area (Å²) in [5, 5.41) is 0.359. The second-order valence-corrected chi connectivity index (χ2v) is 3.65. The van der Waals surface area contributed by atoms with Crippen LogP contribution in [0.3, 0.4) is 0 Å². The fourth-order valence-electron chi connectivity index (χ4n) is 1.51. The normalized spacial score (nSPS) is 10.2. The fourth-order valence-corrected chi connectivity index (χ4v) is 1.78. The lowest BCUT2D eigenvalue weighted by atomic mass is 10.0. The van der Waals surface area contributed by atoms with Gasteiger partial charge < -0.3 is 4.74 Å². The van der Waals surface area contributed by atoms with Crippen LogP contribution in [0.15, 0.2) is 36.4 Å². The van der Waals surface area contributed by atoms with Gasteiger partial charge in [-0.25, -0.2) is 4.39 Å². The molecule has 16 heavy (non-hydrogen) atoms. The number of halogens is 2. The van der Waals surface area contributed by atoms with Gasteiger partial charge in [-0.2, -0.15) is 0 Å². The smallest absolute Gasteiger partial charge is 0.134 e. The van der Waals surface area contributed by atoms with E-state index in [9.17, 15) is 4.39 Å². The minimum Gasteiger partial charge on any atom is -0.495 e. The molecule has 0 amide bonds. The number of hydrogen-bond acceptors (Lipinski definition) is 1. The van der Waals surface area contributed by atoms with Crippen molar-refractivity contribution in [2.45, 2.75) is 0 Å². The summed E-state index contributed by atoms with van der Waals surface area (Å²) >= 11 is 5.98. The topological polar surface area (TPSA) is 9.23 Å². The Morgan fingerprint density at radius 2 is 2.06 bits per heavy atom. The van der Waals surface area contributed by atoms with E-state index < -0.39 is 0 Å². The molecular formula is C13H9ClFO. The molecule has 1 nitrogen and oxygen atoms in total. The highest BCUT2D eigenvalue weighted by molar-refractivity contribution is 6.33. The largest absolute Gasteiger partial charge is 0.495 e. The molecule has 0 aromatic heterocycles. The predicted octanol–water partition coefficient (Wildman–Crippen LogP) is 3.95. The Morgan fingerprint density at radius 1 is 1.25 bits per heavy atom. The third-order valence-corrected chi connectivity index (χ3v) is 2.56. The van der Waals surface area contributed by atoms with E-state index in [0.717, 1.165) is 11.1 Å². The molecule has 2 aromatic rings. The summed E-state index contributed by atoms with van der Waals surface area (Å²) < 4.78 is 18.1. The second-order valence-electron chi connectivity index (χ2n) is 3.24. The van der Waals surface area contributed by atoms with E-state index in [1.54, 1.807) is 19.2 Å². The molecule has 2 rings (SSSR count). The van der Waals surface area contributed by atoms with Gasteiger partial charge in [-0.05, 0) is 18.2 Å². The first-order chi connectivity index (χ1) is 7.72. The molecule has 1 radical (unpaired) electrons.